The lowest BCUT2D eigenvalue weighted by Gasteiger charge is -2.31. The molecule has 6 heteroatoms. The fourth-order valence-corrected chi connectivity index (χ4v) is 4.61. The first-order chi connectivity index (χ1) is 8.95. The molecule has 1 aromatic carbocycles. The molecule has 0 aliphatic heterocycles. The van der Waals surface area contributed by atoms with Gasteiger partial charge in [0.05, 0.1) is 16.7 Å². The van der Waals surface area contributed by atoms with Crippen LogP contribution < -0.4 is 4.74 Å². The quantitative estimate of drug-likeness (QED) is 0.671. The average Bonchev–Trinajstić information content (AvgIpc) is 2.31. The van der Waals surface area contributed by atoms with Gasteiger partial charge in [-0.2, -0.15) is 0 Å². The van der Waals surface area contributed by atoms with Crippen molar-refractivity contribution >= 4 is 41.7 Å². The van der Waals surface area contributed by atoms with E-state index in [4.69, 9.17) is 4.74 Å². The van der Waals surface area contributed by atoms with E-state index in [1.54, 1.807) is 21.0 Å². The third-order valence-electron chi connectivity index (χ3n) is 3.73. The minimum atomic E-state index is -3.23. The van der Waals surface area contributed by atoms with Crippen LogP contribution in [-0.2, 0) is 9.84 Å². The molecule has 0 aliphatic carbocycles. The monoisotopic (exact) mass is 426 g/mol. The first-order valence-corrected chi connectivity index (χ1v) is 9.72. The van der Waals surface area contributed by atoms with E-state index in [0.29, 0.717) is 0 Å². The van der Waals surface area contributed by atoms with Crippen LogP contribution in [0.1, 0.15) is 35.4 Å². The molecule has 20 heavy (non-hydrogen) atoms. The molecule has 0 amide bonds. The Bertz CT molecular complexity index is 622. The van der Waals surface area contributed by atoms with Crippen molar-refractivity contribution < 1.29 is 13.2 Å². The standard InChI is InChI=1S/C14H20Br2O3S/c1-8-7-10(15)9(2)11(12(8)19-5)13(16)14(3,4)20(6,17)18/h7,13H,1-6H3. The Labute approximate surface area is 138 Å². The summed E-state index contributed by atoms with van der Waals surface area (Å²) < 4.78 is 29.6. The Morgan fingerprint density at radius 1 is 1.30 bits per heavy atom. The topological polar surface area (TPSA) is 43.4 Å². The molecule has 0 bridgehead atoms. The minimum Gasteiger partial charge on any atom is -0.496 e. The van der Waals surface area contributed by atoms with E-state index in [0.717, 1.165) is 26.9 Å². The average molecular weight is 428 g/mol. The molecule has 1 atom stereocenters. The Morgan fingerprint density at radius 3 is 2.20 bits per heavy atom. The second kappa shape index (κ2) is 5.97. The molecule has 0 aromatic heterocycles. The Kier molecular flexibility index (Phi) is 5.37. The van der Waals surface area contributed by atoms with Crippen LogP contribution in [0, 0.1) is 13.8 Å². The number of methoxy groups -OCH3 is 1. The van der Waals surface area contributed by atoms with Gasteiger partial charge in [0.15, 0.2) is 9.84 Å². The van der Waals surface area contributed by atoms with Crippen LogP contribution in [0.15, 0.2) is 10.5 Å². The molecule has 0 fully saturated rings. The van der Waals surface area contributed by atoms with Crippen LogP contribution in [-0.4, -0.2) is 26.5 Å². The first-order valence-electron chi connectivity index (χ1n) is 6.12. The molecule has 0 saturated carbocycles. The van der Waals surface area contributed by atoms with Crippen molar-refractivity contribution in [3.63, 3.8) is 0 Å². The SMILES string of the molecule is COc1c(C)cc(Br)c(C)c1C(Br)C(C)(C)S(C)(=O)=O. The van der Waals surface area contributed by atoms with Crippen LogP contribution >= 0.6 is 31.9 Å². The summed E-state index contributed by atoms with van der Waals surface area (Å²) in [6.45, 7) is 7.33. The molecule has 1 rings (SSSR count). The zero-order chi connectivity index (χ0) is 15.9. The molecule has 0 spiro atoms. The van der Waals surface area contributed by atoms with Gasteiger partial charge in [-0.1, -0.05) is 31.9 Å². The highest BCUT2D eigenvalue weighted by molar-refractivity contribution is 9.10. The maximum absolute atomic E-state index is 12.1. The van der Waals surface area contributed by atoms with Crippen LogP contribution in [0.5, 0.6) is 5.75 Å². The van der Waals surface area contributed by atoms with Crippen molar-refractivity contribution in [2.75, 3.05) is 13.4 Å². The number of ether oxygens (including phenoxy) is 1. The summed E-state index contributed by atoms with van der Waals surface area (Å²) >= 11 is 7.09. The molecule has 0 heterocycles. The summed E-state index contributed by atoms with van der Waals surface area (Å²) in [5.74, 6) is 0.726. The Balaban J connectivity index is 3.62. The van der Waals surface area contributed by atoms with Crippen LogP contribution in [0.4, 0.5) is 0 Å². The fraction of sp³-hybridized carbons (Fsp3) is 0.571. The molecule has 0 N–H and O–H groups in total. The van der Waals surface area contributed by atoms with Gasteiger partial charge in [0, 0.05) is 16.3 Å². The number of halogens is 2. The van der Waals surface area contributed by atoms with Gasteiger partial charge in [0.1, 0.15) is 5.75 Å². The van der Waals surface area contributed by atoms with Crippen LogP contribution in [0.2, 0.25) is 0 Å². The van der Waals surface area contributed by atoms with Crippen molar-refractivity contribution in [1.82, 2.24) is 0 Å². The lowest BCUT2D eigenvalue weighted by atomic mass is 9.95. The molecular formula is C14H20Br2O3S. The Hall–Kier alpha value is -0.0700. The lowest BCUT2D eigenvalue weighted by Crippen LogP contribution is -2.35. The maximum atomic E-state index is 12.1. The van der Waals surface area contributed by atoms with Crippen LogP contribution in [0.3, 0.4) is 0 Å². The van der Waals surface area contributed by atoms with E-state index in [9.17, 15) is 8.42 Å². The number of benzene rings is 1. The van der Waals surface area contributed by atoms with Gasteiger partial charge in [-0.3, -0.25) is 0 Å². The third kappa shape index (κ3) is 3.07. The van der Waals surface area contributed by atoms with Crippen molar-refractivity contribution in [3.8, 4) is 5.75 Å². The number of hydrogen-bond donors (Lipinski definition) is 0. The largest absolute Gasteiger partial charge is 0.496 e. The highest BCUT2D eigenvalue weighted by Crippen LogP contribution is 2.47. The van der Waals surface area contributed by atoms with Gasteiger partial charge in [0.2, 0.25) is 0 Å². The normalized spacial score (nSPS) is 14.2. The predicted octanol–water partition coefficient (Wildman–Crippen LogP) is 4.33. The first kappa shape index (κ1) is 18.0. The molecular weight excluding hydrogens is 408 g/mol. The summed E-state index contributed by atoms with van der Waals surface area (Å²) in [4.78, 5) is -0.365. The summed E-state index contributed by atoms with van der Waals surface area (Å²) in [5.41, 5.74) is 2.81. The molecule has 3 nitrogen and oxygen atoms in total. The van der Waals surface area contributed by atoms with Gasteiger partial charge in [-0.25, -0.2) is 8.42 Å². The molecule has 114 valence electrons. The highest BCUT2D eigenvalue weighted by atomic mass is 79.9. The molecule has 0 saturated heterocycles. The van der Waals surface area contributed by atoms with Crippen molar-refractivity contribution in [3.05, 3.63) is 27.2 Å². The van der Waals surface area contributed by atoms with E-state index in [-0.39, 0.29) is 4.83 Å². The Morgan fingerprint density at radius 2 is 1.80 bits per heavy atom. The maximum Gasteiger partial charge on any atom is 0.154 e. The summed E-state index contributed by atoms with van der Waals surface area (Å²) in [6, 6.07) is 1.98. The van der Waals surface area contributed by atoms with E-state index >= 15 is 0 Å². The van der Waals surface area contributed by atoms with E-state index in [1.807, 2.05) is 19.9 Å². The summed E-state index contributed by atoms with van der Waals surface area (Å²) in [5, 5.41) is 0. The number of alkyl halides is 1. The van der Waals surface area contributed by atoms with Crippen molar-refractivity contribution in [2.45, 2.75) is 37.3 Å². The van der Waals surface area contributed by atoms with E-state index < -0.39 is 14.6 Å². The van der Waals surface area contributed by atoms with Gasteiger partial charge in [-0.15, -0.1) is 0 Å². The molecule has 0 radical (unpaired) electrons. The summed E-state index contributed by atoms with van der Waals surface area (Å²) in [6.07, 6.45) is 1.26. The minimum absolute atomic E-state index is 0.365. The number of sulfone groups is 1. The van der Waals surface area contributed by atoms with Crippen LogP contribution in [0.25, 0.3) is 0 Å². The van der Waals surface area contributed by atoms with Crippen molar-refractivity contribution in [2.24, 2.45) is 0 Å². The number of hydrogen-bond acceptors (Lipinski definition) is 3. The van der Waals surface area contributed by atoms with Gasteiger partial charge >= 0.3 is 0 Å². The zero-order valence-corrected chi connectivity index (χ0v) is 16.5. The van der Waals surface area contributed by atoms with Crippen molar-refractivity contribution in [1.29, 1.82) is 0 Å². The molecule has 1 unspecified atom stereocenters. The van der Waals surface area contributed by atoms with E-state index in [1.165, 1.54) is 6.26 Å². The lowest BCUT2D eigenvalue weighted by molar-refractivity contribution is 0.403. The van der Waals surface area contributed by atoms with E-state index in [2.05, 4.69) is 31.9 Å². The zero-order valence-electron chi connectivity index (χ0n) is 12.5. The summed E-state index contributed by atoms with van der Waals surface area (Å²) in [7, 11) is -1.63. The molecule has 0 aliphatic rings. The third-order valence-corrected chi connectivity index (χ3v) is 8.61. The smallest absolute Gasteiger partial charge is 0.154 e. The second-order valence-electron chi connectivity index (χ2n) is 5.49. The van der Waals surface area contributed by atoms with Gasteiger partial charge in [-0.05, 0) is 44.9 Å². The number of rotatable bonds is 4. The second-order valence-corrected chi connectivity index (χ2v) is 9.85. The van der Waals surface area contributed by atoms with Gasteiger partial charge in [0.25, 0.3) is 0 Å². The highest BCUT2D eigenvalue weighted by Gasteiger charge is 2.41. The van der Waals surface area contributed by atoms with Gasteiger partial charge < -0.3 is 4.74 Å². The number of aryl methyl sites for hydroxylation is 1. The fourth-order valence-electron chi connectivity index (χ4n) is 1.99. The molecule has 1 aromatic rings. The predicted molar refractivity (Wildman–Crippen MR) is 90.8 cm³/mol.